The molecule has 0 spiro atoms. The molecule has 94 valence electrons. The lowest BCUT2D eigenvalue weighted by atomic mass is 10.2. The van der Waals surface area contributed by atoms with Crippen molar-refractivity contribution in [3.63, 3.8) is 0 Å². The Hall–Kier alpha value is -1.11. The van der Waals surface area contributed by atoms with Crippen LogP contribution in [0.1, 0.15) is 6.92 Å². The maximum atomic E-state index is 11.7. The molecule has 1 aromatic carbocycles. The molecule has 0 saturated carbocycles. The van der Waals surface area contributed by atoms with Gasteiger partial charge in [0.25, 0.3) is 0 Å². The number of hydrogen-bond donors (Lipinski definition) is 2. The van der Waals surface area contributed by atoms with Crippen molar-refractivity contribution in [3.8, 4) is 0 Å². The average Bonchev–Trinajstić information content (AvgIpc) is 2.24. The minimum absolute atomic E-state index is 0.287. The predicted octanol–water partition coefficient (Wildman–Crippen LogP) is 0.795. The summed E-state index contributed by atoms with van der Waals surface area (Å²) in [6.07, 6.45) is 0. The van der Waals surface area contributed by atoms with Gasteiger partial charge in [-0.15, -0.1) is 0 Å². The van der Waals surface area contributed by atoms with E-state index >= 15 is 0 Å². The highest BCUT2D eigenvalue weighted by Crippen LogP contribution is 2.16. The number of benzene rings is 1. The Morgan fingerprint density at radius 2 is 1.94 bits per heavy atom. The van der Waals surface area contributed by atoms with Crippen molar-refractivity contribution in [1.82, 2.24) is 4.72 Å². The van der Waals surface area contributed by atoms with E-state index in [9.17, 15) is 8.42 Å². The van der Waals surface area contributed by atoms with Gasteiger partial charge in [0.05, 0.1) is 24.2 Å². The molecule has 1 saturated heterocycles. The lowest BCUT2D eigenvalue weighted by Crippen LogP contribution is -2.40. The summed E-state index contributed by atoms with van der Waals surface area (Å²) in [6.45, 7) is 3.56. The van der Waals surface area contributed by atoms with E-state index in [-0.39, 0.29) is 4.90 Å². The van der Waals surface area contributed by atoms with Gasteiger partial charge >= 0.3 is 0 Å². The monoisotopic (exact) mass is 256 g/mol. The molecule has 2 rings (SSSR count). The summed E-state index contributed by atoms with van der Waals surface area (Å²) in [7, 11) is -3.35. The van der Waals surface area contributed by atoms with Crippen LogP contribution >= 0.6 is 0 Å². The highest BCUT2D eigenvalue weighted by Gasteiger charge is 2.18. The van der Waals surface area contributed by atoms with Gasteiger partial charge in [-0.3, -0.25) is 0 Å². The van der Waals surface area contributed by atoms with E-state index < -0.39 is 10.0 Å². The van der Waals surface area contributed by atoms with Gasteiger partial charge in [-0.25, -0.2) is 13.1 Å². The van der Waals surface area contributed by atoms with E-state index in [0.717, 1.165) is 5.69 Å². The molecule has 0 aromatic heterocycles. The van der Waals surface area contributed by atoms with Gasteiger partial charge in [0.2, 0.25) is 10.0 Å². The lowest BCUT2D eigenvalue weighted by molar-refractivity contribution is 0.0211. The minimum Gasteiger partial charge on any atom is -0.378 e. The summed E-state index contributed by atoms with van der Waals surface area (Å²) < 4.78 is 30.9. The number of nitrogens with one attached hydrogen (secondary N) is 2. The number of rotatable bonds is 5. The molecule has 2 N–H and O–H groups in total. The maximum Gasteiger partial charge on any atom is 0.240 e. The molecule has 1 aliphatic rings. The van der Waals surface area contributed by atoms with Crippen LogP contribution in [0.25, 0.3) is 0 Å². The summed E-state index contributed by atoms with van der Waals surface area (Å²) >= 11 is 0. The SMILES string of the molecule is CCNS(=O)(=O)c1ccc(NC2COC2)cc1. The zero-order valence-corrected chi connectivity index (χ0v) is 10.5. The van der Waals surface area contributed by atoms with E-state index in [1.807, 2.05) is 0 Å². The molecule has 5 nitrogen and oxygen atoms in total. The van der Waals surface area contributed by atoms with E-state index in [2.05, 4.69) is 10.0 Å². The van der Waals surface area contributed by atoms with Crippen molar-refractivity contribution in [1.29, 1.82) is 0 Å². The number of anilines is 1. The molecular weight excluding hydrogens is 240 g/mol. The van der Waals surface area contributed by atoms with Crippen LogP contribution in [-0.4, -0.2) is 34.2 Å². The standard InChI is InChI=1S/C11H16N2O3S/c1-2-12-17(14,15)11-5-3-9(4-6-11)13-10-7-16-8-10/h3-6,10,12-13H,2,7-8H2,1H3. The van der Waals surface area contributed by atoms with Crippen LogP contribution in [0.3, 0.4) is 0 Å². The molecule has 1 aromatic rings. The average molecular weight is 256 g/mol. The highest BCUT2D eigenvalue weighted by molar-refractivity contribution is 7.89. The third-order valence-corrected chi connectivity index (χ3v) is 4.07. The smallest absolute Gasteiger partial charge is 0.240 e. The van der Waals surface area contributed by atoms with Gasteiger partial charge in [-0.05, 0) is 24.3 Å². The fourth-order valence-electron chi connectivity index (χ4n) is 1.56. The van der Waals surface area contributed by atoms with E-state index in [0.29, 0.717) is 25.8 Å². The first-order valence-electron chi connectivity index (χ1n) is 5.56. The fourth-order valence-corrected chi connectivity index (χ4v) is 2.60. The molecular formula is C11H16N2O3S. The Balaban J connectivity index is 2.06. The Labute approximate surface area is 101 Å². The van der Waals surface area contributed by atoms with Crippen molar-refractivity contribution in [2.45, 2.75) is 17.9 Å². The highest BCUT2D eigenvalue weighted by atomic mass is 32.2. The molecule has 0 atom stereocenters. The summed E-state index contributed by atoms with van der Waals surface area (Å²) in [4.78, 5) is 0.287. The minimum atomic E-state index is -3.35. The molecule has 17 heavy (non-hydrogen) atoms. The zero-order valence-electron chi connectivity index (χ0n) is 9.64. The van der Waals surface area contributed by atoms with Crippen molar-refractivity contribution in [2.24, 2.45) is 0 Å². The van der Waals surface area contributed by atoms with Crippen LogP contribution < -0.4 is 10.0 Å². The van der Waals surface area contributed by atoms with Crippen LogP contribution in [0.5, 0.6) is 0 Å². The van der Waals surface area contributed by atoms with Gasteiger partial charge in [-0.1, -0.05) is 6.92 Å². The van der Waals surface area contributed by atoms with Gasteiger partial charge in [-0.2, -0.15) is 0 Å². The largest absolute Gasteiger partial charge is 0.378 e. The van der Waals surface area contributed by atoms with Crippen molar-refractivity contribution < 1.29 is 13.2 Å². The molecule has 0 radical (unpaired) electrons. The van der Waals surface area contributed by atoms with E-state index in [1.165, 1.54) is 0 Å². The number of sulfonamides is 1. The molecule has 0 bridgehead atoms. The summed E-state index contributed by atoms with van der Waals surface area (Å²) in [5.74, 6) is 0. The number of hydrogen-bond acceptors (Lipinski definition) is 4. The molecule has 0 amide bonds. The van der Waals surface area contributed by atoms with Crippen LogP contribution in [0.4, 0.5) is 5.69 Å². The Morgan fingerprint density at radius 1 is 1.29 bits per heavy atom. The first-order chi connectivity index (χ1) is 8.12. The van der Waals surface area contributed by atoms with Gasteiger partial charge in [0, 0.05) is 12.2 Å². The van der Waals surface area contributed by atoms with E-state index in [1.54, 1.807) is 31.2 Å². The topological polar surface area (TPSA) is 67.4 Å². The first kappa shape index (κ1) is 12.3. The Bertz CT molecular complexity index is 466. The Kier molecular flexibility index (Phi) is 3.66. The van der Waals surface area contributed by atoms with Crippen molar-refractivity contribution >= 4 is 15.7 Å². The van der Waals surface area contributed by atoms with E-state index in [4.69, 9.17) is 4.74 Å². The van der Waals surface area contributed by atoms with Crippen LogP contribution in [0.15, 0.2) is 29.2 Å². The summed E-state index contributed by atoms with van der Waals surface area (Å²) in [6, 6.07) is 7.07. The fraction of sp³-hybridized carbons (Fsp3) is 0.455. The van der Waals surface area contributed by atoms with Crippen molar-refractivity contribution in [2.75, 3.05) is 25.1 Å². The molecule has 1 aliphatic heterocycles. The zero-order chi connectivity index (χ0) is 12.3. The third-order valence-electron chi connectivity index (χ3n) is 2.51. The second-order valence-corrected chi connectivity index (χ2v) is 5.67. The number of ether oxygens (including phenoxy) is 1. The quantitative estimate of drug-likeness (QED) is 0.817. The van der Waals surface area contributed by atoms with Crippen LogP contribution in [0.2, 0.25) is 0 Å². The molecule has 1 heterocycles. The molecule has 0 unspecified atom stereocenters. The van der Waals surface area contributed by atoms with Crippen molar-refractivity contribution in [3.05, 3.63) is 24.3 Å². The third kappa shape index (κ3) is 2.96. The molecule has 0 aliphatic carbocycles. The van der Waals surface area contributed by atoms with Gasteiger partial charge < -0.3 is 10.1 Å². The lowest BCUT2D eigenvalue weighted by Gasteiger charge is -2.27. The maximum absolute atomic E-state index is 11.7. The first-order valence-corrected chi connectivity index (χ1v) is 7.04. The van der Waals surface area contributed by atoms with Gasteiger partial charge in [0.15, 0.2) is 0 Å². The molecule has 1 fully saturated rings. The summed E-state index contributed by atoms with van der Waals surface area (Å²) in [5, 5.41) is 3.25. The van der Waals surface area contributed by atoms with Gasteiger partial charge in [0.1, 0.15) is 0 Å². The van der Waals surface area contributed by atoms with Crippen LogP contribution in [0, 0.1) is 0 Å². The normalized spacial score (nSPS) is 16.5. The predicted molar refractivity (Wildman–Crippen MR) is 65.5 cm³/mol. The second kappa shape index (κ2) is 5.03. The second-order valence-electron chi connectivity index (χ2n) is 3.90. The summed E-state index contributed by atoms with van der Waals surface area (Å²) in [5.41, 5.74) is 0.911. The Morgan fingerprint density at radius 3 is 2.41 bits per heavy atom. The van der Waals surface area contributed by atoms with Crippen LogP contribution in [-0.2, 0) is 14.8 Å². The molecule has 6 heteroatoms.